The summed E-state index contributed by atoms with van der Waals surface area (Å²) in [6.45, 7) is -0.364. The van der Waals surface area contributed by atoms with E-state index in [2.05, 4.69) is 20.4 Å². The highest BCUT2D eigenvalue weighted by atomic mass is 35.5. The van der Waals surface area contributed by atoms with Gasteiger partial charge in [0.2, 0.25) is 0 Å². The summed E-state index contributed by atoms with van der Waals surface area (Å²) >= 11 is 6.00. The average molecular weight is 527 g/mol. The molecule has 4 atom stereocenters. The van der Waals surface area contributed by atoms with Gasteiger partial charge in [-0.1, -0.05) is 23.2 Å². The second-order valence-electron chi connectivity index (χ2n) is 10.7. The number of nitrogens with zero attached hydrogens (tertiary/aromatic N) is 3. The molecule has 1 amide bonds. The van der Waals surface area contributed by atoms with Crippen molar-refractivity contribution in [2.24, 2.45) is 5.92 Å². The molecule has 4 aliphatic carbocycles. The number of aromatic nitrogens is 3. The van der Waals surface area contributed by atoms with Gasteiger partial charge in [0.05, 0.1) is 23.9 Å². The van der Waals surface area contributed by atoms with Crippen LogP contribution >= 0.6 is 11.6 Å². The Bertz CT molecular complexity index is 1170. The lowest BCUT2D eigenvalue weighted by Gasteiger charge is -2.69. The van der Waals surface area contributed by atoms with Crippen LogP contribution in [-0.4, -0.2) is 50.6 Å². The van der Waals surface area contributed by atoms with Crippen molar-refractivity contribution in [1.82, 2.24) is 20.3 Å². The Balaban J connectivity index is 1.05. The number of hydrogen-bond acceptors (Lipinski definition) is 6. The number of aliphatic hydroxyl groups excluding tert-OH is 1. The summed E-state index contributed by atoms with van der Waals surface area (Å²) in [6.07, 6.45) is 0.0871. The molecule has 4 fully saturated rings. The zero-order valence-corrected chi connectivity index (χ0v) is 20.1. The Morgan fingerprint density at radius 2 is 2.08 bits per heavy atom. The summed E-state index contributed by atoms with van der Waals surface area (Å²) in [5.41, 5.74) is 0.710. The van der Waals surface area contributed by atoms with E-state index in [1.807, 2.05) is 10.9 Å². The van der Waals surface area contributed by atoms with Crippen LogP contribution in [0.5, 0.6) is 5.75 Å². The molecule has 0 saturated heterocycles. The molecule has 1 aromatic heterocycles. The fourth-order valence-electron chi connectivity index (χ4n) is 6.54. The maximum atomic E-state index is 12.9. The molecule has 2 aromatic rings. The van der Waals surface area contributed by atoms with Crippen molar-refractivity contribution in [2.45, 2.75) is 80.5 Å². The summed E-state index contributed by atoms with van der Waals surface area (Å²) in [5.74, 6) is -0.147. The lowest BCUT2D eigenvalue weighted by Crippen LogP contribution is -2.79. The summed E-state index contributed by atoms with van der Waals surface area (Å²) in [6, 6.07) is 4.95. The highest BCUT2D eigenvalue weighted by Gasteiger charge is 2.70. The van der Waals surface area contributed by atoms with Gasteiger partial charge in [-0.2, -0.15) is 0 Å². The van der Waals surface area contributed by atoms with Crippen LogP contribution in [0.3, 0.4) is 0 Å². The number of halogens is 4. The van der Waals surface area contributed by atoms with Crippen molar-refractivity contribution < 1.29 is 32.5 Å². The largest absolute Gasteiger partial charge is 0.522 e. The van der Waals surface area contributed by atoms with Crippen LogP contribution in [0.2, 0.25) is 5.02 Å². The number of nitrogens with one attached hydrogen (secondary N) is 1. The normalized spacial score (nSPS) is 34.8. The monoisotopic (exact) mass is 526 g/mol. The van der Waals surface area contributed by atoms with E-state index in [-0.39, 0.29) is 41.8 Å². The number of benzene rings is 1. The minimum absolute atomic E-state index is 0.102. The van der Waals surface area contributed by atoms with Gasteiger partial charge in [0.1, 0.15) is 5.75 Å². The highest BCUT2D eigenvalue weighted by Crippen LogP contribution is 2.65. The summed E-state index contributed by atoms with van der Waals surface area (Å²) in [7, 11) is 0. The number of fused-ring (bicyclic) bond motifs is 1. The molecule has 12 heteroatoms. The third-order valence-electron chi connectivity index (χ3n) is 8.22. The van der Waals surface area contributed by atoms with E-state index in [0.29, 0.717) is 47.7 Å². The Morgan fingerprint density at radius 3 is 2.83 bits per heavy atom. The van der Waals surface area contributed by atoms with Gasteiger partial charge in [-0.05, 0) is 56.2 Å². The highest BCUT2D eigenvalue weighted by molar-refractivity contribution is 6.30. The molecule has 4 saturated carbocycles. The van der Waals surface area contributed by atoms with Crippen LogP contribution in [-0.2, 0) is 15.1 Å². The smallest absolute Gasteiger partial charge is 0.480 e. The first-order valence-corrected chi connectivity index (χ1v) is 12.5. The predicted octanol–water partition coefficient (Wildman–Crippen LogP) is 3.98. The van der Waals surface area contributed by atoms with Crippen LogP contribution in [0.4, 0.5) is 13.2 Å². The molecule has 5 aliphatic rings. The standard InChI is InChI=1S/C24H26ClF3N4O4/c25-14-4-5-19-16(6-14)18(33)7-20(36-19)21(34)29-22-10-23(11-22,12-22)32-8-17(30-31-32)15-3-1-2-13(15)9-35-24(26,27)28/h4-6,8,13,15,18,20,33H,1-3,7,9-12H2,(H,29,34)/t13?,15?,18-,20-,22?,23?/m1/s1. The van der Waals surface area contributed by atoms with Crippen molar-refractivity contribution in [1.29, 1.82) is 0 Å². The topological polar surface area (TPSA) is 98.5 Å². The van der Waals surface area contributed by atoms with Gasteiger partial charge in [-0.25, -0.2) is 4.68 Å². The van der Waals surface area contributed by atoms with Gasteiger partial charge in [-0.3, -0.25) is 9.53 Å². The Kier molecular flexibility index (Phi) is 5.55. The fourth-order valence-corrected chi connectivity index (χ4v) is 6.72. The van der Waals surface area contributed by atoms with Gasteiger partial charge in [-0.15, -0.1) is 18.3 Å². The minimum atomic E-state index is -4.63. The second-order valence-corrected chi connectivity index (χ2v) is 11.1. The molecule has 2 unspecified atom stereocenters. The molecule has 194 valence electrons. The van der Waals surface area contributed by atoms with Crippen molar-refractivity contribution >= 4 is 17.5 Å². The molecular formula is C24H26ClF3N4O4. The zero-order chi connectivity index (χ0) is 25.3. The SMILES string of the molecule is O=C(NC12CC(n3cc(C4CCCC4COC(F)(F)F)nn3)(C1)C2)[C@H]1C[C@@H](O)c2cc(Cl)ccc2O1. The van der Waals surface area contributed by atoms with Crippen LogP contribution < -0.4 is 10.1 Å². The van der Waals surface area contributed by atoms with Gasteiger partial charge in [0.25, 0.3) is 5.91 Å². The number of carbonyl (C=O) groups is 1. The molecule has 2 heterocycles. The van der Waals surface area contributed by atoms with Crippen LogP contribution in [0.15, 0.2) is 24.4 Å². The third-order valence-corrected chi connectivity index (χ3v) is 8.45. The molecule has 36 heavy (non-hydrogen) atoms. The third kappa shape index (κ3) is 4.14. The van der Waals surface area contributed by atoms with Gasteiger partial charge in [0, 0.05) is 34.7 Å². The molecule has 7 rings (SSSR count). The zero-order valence-electron chi connectivity index (χ0n) is 19.3. The van der Waals surface area contributed by atoms with Gasteiger partial charge < -0.3 is 15.2 Å². The summed E-state index contributed by atoms with van der Waals surface area (Å²) in [5, 5.41) is 22.6. The van der Waals surface area contributed by atoms with E-state index in [1.54, 1.807) is 18.2 Å². The molecule has 0 spiro atoms. The van der Waals surface area contributed by atoms with Gasteiger partial charge >= 0.3 is 6.36 Å². The number of carbonyl (C=O) groups excluding carboxylic acids is 1. The van der Waals surface area contributed by atoms with E-state index in [9.17, 15) is 23.1 Å². The quantitative estimate of drug-likeness (QED) is 0.591. The first kappa shape index (κ1) is 24.0. The van der Waals surface area contributed by atoms with E-state index < -0.39 is 18.6 Å². The van der Waals surface area contributed by atoms with Crippen molar-refractivity contribution in [2.75, 3.05) is 6.61 Å². The molecule has 2 N–H and O–H groups in total. The van der Waals surface area contributed by atoms with Crippen molar-refractivity contribution in [3.8, 4) is 5.75 Å². The summed E-state index contributed by atoms with van der Waals surface area (Å²) < 4.78 is 49.2. The number of ether oxygens (including phenoxy) is 2. The number of aliphatic hydroxyl groups is 1. The van der Waals surface area contributed by atoms with Gasteiger partial charge in [0.15, 0.2) is 6.10 Å². The maximum Gasteiger partial charge on any atom is 0.522 e. The minimum Gasteiger partial charge on any atom is -0.480 e. The number of hydrogen-bond donors (Lipinski definition) is 2. The molecular weight excluding hydrogens is 501 g/mol. The molecule has 0 radical (unpaired) electrons. The maximum absolute atomic E-state index is 12.9. The van der Waals surface area contributed by atoms with Crippen LogP contribution in [0.25, 0.3) is 0 Å². The molecule has 1 aliphatic heterocycles. The first-order valence-electron chi connectivity index (χ1n) is 12.1. The molecule has 8 nitrogen and oxygen atoms in total. The lowest BCUT2D eigenvalue weighted by molar-refractivity contribution is -0.328. The van der Waals surface area contributed by atoms with E-state index in [0.717, 1.165) is 12.8 Å². The number of amides is 1. The Labute approximate surface area is 210 Å². The van der Waals surface area contributed by atoms with E-state index in [4.69, 9.17) is 16.3 Å². The van der Waals surface area contributed by atoms with Crippen molar-refractivity contribution in [3.63, 3.8) is 0 Å². The van der Waals surface area contributed by atoms with Crippen LogP contribution in [0, 0.1) is 5.92 Å². The second kappa shape index (κ2) is 8.32. The summed E-state index contributed by atoms with van der Waals surface area (Å²) in [4.78, 5) is 12.9. The number of rotatable bonds is 6. The van der Waals surface area contributed by atoms with Crippen molar-refractivity contribution in [3.05, 3.63) is 40.7 Å². The Hall–Kier alpha value is -2.37. The molecule has 1 aromatic carbocycles. The average Bonchev–Trinajstić information content (AvgIpc) is 3.42. The number of alkyl halides is 3. The predicted molar refractivity (Wildman–Crippen MR) is 120 cm³/mol. The first-order chi connectivity index (χ1) is 17.0. The van der Waals surface area contributed by atoms with E-state index in [1.165, 1.54) is 0 Å². The fraction of sp³-hybridized carbons (Fsp3) is 0.625. The molecule has 2 bridgehead atoms. The van der Waals surface area contributed by atoms with E-state index >= 15 is 0 Å². The lowest BCUT2D eigenvalue weighted by atomic mass is 9.44. The van der Waals surface area contributed by atoms with Crippen LogP contribution in [0.1, 0.15) is 68.2 Å². The Morgan fingerprint density at radius 1 is 1.31 bits per heavy atom.